The highest BCUT2D eigenvalue weighted by Gasteiger charge is 2.03. The topological polar surface area (TPSA) is 52.3 Å². The highest BCUT2D eigenvalue weighted by Crippen LogP contribution is 2.14. The van der Waals surface area contributed by atoms with Crippen molar-refractivity contribution in [2.45, 2.75) is 57.9 Å². The molecule has 0 aliphatic heterocycles. The predicted octanol–water partition coefficient (Wildman–Crippen LogP) is 3.41. The maximum atomic E-state index is 10.4. The molecule has 20 heavy (non-hydrogen) atoms. The van der Waals surface area contributed by atoms with Gasteiger partial charge in [-0.15, -0.1) is 0 Å². The second-order valence-electron chi connectivity index (χ2n) is 5.19. The predicted molar refractivity (Wildman–Crippen MR) is 82.7 cm³/mol. The van der Waals surface area contributed by atoms with E-state index in [1.807, 2.05) is 24.3 Å². The minimum Gasteiger partial charge on any atom is -0.494 e. The smallest absolute Gasteiger partial charge is 0.217 e. The molecule has 0 aliphatic carbocycles. The number of benzene rings is 1. The zero-order chi connectivity index (χ0) is 14.6. The first kappa shape index (κ1) is 16.7. The molecule has 0 fully saturated rings. The molecule has 0 aromatic heterocycles. The minimum atomic E-state index is -0.537. The fraction of sp³-hybridized carbons (Fsp3) is 0.588. The van der Waals surface area contributed by atoms with Crippen LogP contribution in [0.2, 0.25) is 0 Å². The lowest BCUT2D eigenvalue weighted by molar-refractivity contribution is 0.304. The van der Waals surface area contributed by atoms with Crippen LogP contribution in [0.15, 0.2) is 24.3 Å². The molecule has 0 saturated heterocycles. The van der Waals surface area contributed by atoms with Gasteiger partial charge in [0.05, 0.1) is 12.6 Å². The lowest BCUT2D eigenvalue weighted by atomic mass is 10.1. The Hall–Kier alpha value is -1.35. The highest BCUT2D eigenvalue weighted by molar-refractivity contribution is 5.58. The number of nitrogens with two attached hydrogens (primary N) is 1. The Morgan fingerprint density at radius 2 is 1.75 bits per heavy atom. The standard InChI is InChI=1S/C17H26NO2/c1-2-3-4-5-6-7-12-20-17-10-8-15(9-11-17)13-16(18)14-19/h8-11,16H,2-7,12-13,18H2,1H3. The summed E-state index contributed by atoms with van der Waals surface area (Å²) in [5, 5.41) is 0. The van der Waals surface area contributed by atoms with E-state index >= 15 is 0 Å². The first-order chi connectivity index (χ1) is 9.76. The number of ether oxygens (including phenoxy) is 1. The normalized spacial score (nSPS) is 12.1. The third kappa shape index (κ3) is 7.29. The zero-order valence-corrected chi connectivity index (χ0v) is 12.4. The van der Waals surface area contributed by atoms with Crippen LogP contribution in [0.4, 0.5) is 0 Å². The van der Waals surface area contributed by atoms with E-state index in [4.69, 9.17) is 10.5 Å². The van der Waals surface area contributed by atoms with Gasteiger partial charge in [-0.05, 0) is 30.5 Å². The number of hydrogen-bond acceptors (Lipinski definition) is 3. The van der Waals surface area contributed by atoms with Crippen molar-refractivity contribution in [3.63, 3.8) is 0 Å². The van der Waals surface area contributed by atoms with Gasteiger partial charge < -0.3 is 10.5 Å². The molecule has 3 heteroatoms. The molecule has 0 bridgehead atoms. The van der Waals surface area contributed by atoms with Crippen molar-refractivity contribution in [1.82, 2.24) is 0 Å². The molecule has 2 N–H and O–H groups in total. The van der Waals surface area contributed by atoms with Gasteiger partial charge >= 0.3 is 0 Å². The van der Waals surface area contributed by atoms with Crippen molar-refractivity contribution >= 4 is 6.29 Å². The Bertz CT molecular complexity index is 362. The van der Waals surface area contributed by atoms with Crippen molar-refractivity contribution in [2.75, 3.05) is 6.61 Å². The summed E-state index contributed by atoms with van der Waals surface area (Å²) in [6.07, 6.45) is 9.92. The molecule has 3 nitrogen and oxygen atoms in total. The summed E-state index contributed by atoms with van der Waals surface area (Å²) >= 11 is 0. The quantitative estimate of drug-likeness (QED) is 0.630. The van der Waals surface area contributed by atoms with E-state index in [0.29, 0.717) is 6.42 Å². The van der Waals surface area contributed by atoms with Crippen LogP contribution in [0.1, 0.15) is 51.0 Å². The van der Waals surface area contributed by atoms with Crippen molar-refractivity contribution in [3.05, 3.63) is 29.8 Å². The monoisotopic (exact) mass is 276 g/mol. The van der Waals surface area contributed by atoms with Crippen LogP contribution < -0.4 is 10.5 Å². The van der Waals surface area contributed by atoms with Gasteiger partial charge in [0.2, 0.25) is 6.29 Å². The number of rotatable bonds is 11. The van der Waals surface area contributed by atoms with Crippen molar-refractivity contribution in [3.8, 4) is 5.75 Å². The lowest BCUT2D eigenvalue weighted by Crippen LogP contribution is -2.23. The van der Waals surface area contributed by atoms with Gasteiger partial charge in [0, 0.05) is 0 Å². The summed E-state index contributed by atoms with van der Waals surface area (Å²) in [7, 11) is 0. The molecule has 1 atom stereocenters. The highest BCUT2D eigenvalue weighted by atomic mass is 16.5. The van der Waals surface area contributed by atoms with Gasteiger partial charge in [-0.2, -0.15) is 0 Å². The van der Waals surface area contributed by atoms with Crippen LogP contribution in [-0.4, -0.2) is 18.9 Å². The van der Waals surface area contributed by atoms with Crippen LogP contribution in [0.3, 0.4) is 0 Å². The second kappa shape index (κ2) is 10.4. The Balaban J connectivity index is 2.16. The minimum absolute atomic E-state index is 0.529. The first-order valence-electron chi connectivity index (χ1n) is 7.61. The fourth-order valence-corrected chi connectivity index (χ4v) is 2.09. The van der Waals surface area contributed by atoms with E-state index < -0.39 is 6.04 Å². The third-order valence-corrected chi connectivity index (χ3v) is 3.30. The van der Waals surface area contributed by atoms with Gasteiger partial charge in [0.25, 0.3) is 0 Å². The molecule has 1 radical (unpaired) electrons. The van der Waals surface area contributed by atoms with E-state index in [-0.39, 0.29) is 0 Å². The number of unbranched alkanes of at least 4 members (excludes halogenated alkanes) is 5. The van der Waals surface area contributed by atoms with Crippen LogP contribution >= 0.6 is 0 Å². The maximum Gasteiger partial charge on any atom is 0.217 e. The second-order valence-corrected chi connectivity index (χ2v) is 5.19. The van der Waals surface area contributed by atoms with Gasteiger partial charge in [-0.25, -0.2) is 0 Å². The molecule has 0 spiro atoms. The molecule has 111 valence electrons. The SMILES string of the molecule is CCCCCCCCOc1ccc(CC(N)[C]=O)cc1. The summed E-state index contributed by atoms with van der Waals surface area (Å²) in [5.41, 5.74) is 6.57. The molecule has 1 rings (SSSR count). The van der Waals surface area contributed by atoms with Crippen molar-refractivity contribution < 1.29 is 9.53 Å². The van der Waals surface area contributed by atoms with Crippen LogP contribution in [0.5, 0.6) is 5.75 Å². The Labute approximate surface area is 122 Å². The van der Waals surface area contributed by atoms with Gasteiger partial charge in [0.15, 0.2) is 0 Å². The van der Waals surface area contributed by atoms with Crippen molar-refractivity contribution in [1.29, 1.82) is 0 Å². The molecule has 0 aliphatic rings. The molecular formula is C17H26NO2. The van der Waals surface area contributed by atoms with E-state index in [2.05, 4.69) is 6.92 Å². The first-order valence-corrected chi connectivity index (χ1v) is 7.61. The van der Waals surface area contributed by atoms with Crippen LogP contribution in [0.25, 0.3) is 0 Å². The van der Waals surface area contributed by atoms with E-state index in [9.17, 15) is 4.79 Å². The molecule has 1 unspecified atom stereocenters. The average Bonchev–Trinajstić information content (AvgIpc) is 2.48. The zero-order valence-electron chi connectivity index (χ0n) is 12.4. The molecule has 1 aromatic carbocycles. The maximum absolute atomic E-state index is 10.4. The van der Waals surface area contributed by atoms with E-state index in [1.54, 1.807) is 6.29 Å². The molecule has 0 amide bonds. The van der Waals surface area contributed by atoms with Gasteiger partial charge in [-0.1, -0.05) is 51.2 Å². The Kier molecular flexibility index (Phi) is 8.72. The van der Waals surface area contributed by atoms with Gasteiger partial charge in [-0.3, -0.25) is 4.79 Å². The number of hydrogen-bond donors (Lipinski definition) is 1. The summed E-state index contributed by atoms with van der Waals surface area (Å²) in [5.74, 6) is 0.881. The van der Waals surface area contributed by atoms with Gasteiger partial charge in [0.1, 0.15) is 5.75 Å². The lowest BCUT2D eigenvalue weighted by Gasteiger charge is -2.08. The fourth-order valence-electron chi connectivity index (χ4n) is 2.09. The van der Waals surface area contributed by atoms with Crippen LogP contribution in [0, 0.1) is 0 Å². The summed E-state index contributed by atoms with van der Waals surface area (Å²) in [6.45, 7) is 3.00. The molecule has 0 heterocycles. The average molecular weight is 276 g/mol. The molecular weight excluding hydrogens is 250 g/mol. The van der Waals surface area contributed by atoms with E-state index in [0.717, 1.165) is 24.3 Å². The number of carbonyl (C=O) groups excluding carboxylic acids is 1. The summed E-state index contributed by atoms with van der Waals surface area (Å²) < 4.78 is 5.69. The van der Waals surface area contributed by atoms with Crippen molar-refractivity contribution in [2.24, 2.45) is 5.73 Å². The summed E-state index contributed by atoms with van der Waals surface area (Å²) in [6, 6.07) is 7.24. The Morgan fingerprint density at radius 1 is 1.10 bits per heavy atom. The molecule has 1 aromatic rings. The third-order valence-electron chi connectivity index (χ3n) is 3.30. The Morgan fingerprint density at radius 3 is 2.40 bits per heavy atom. The summed E-state index contributed by atoms with van der Waals surface area (Å²) in [4.78, 5) is 10.4. The largest absolute Gasteiger partial charge is 0.494 e. The van der Waals surface area contributed by atoms with E-state index in [1.165, 1.54) is 32.1 Å². The van der Waals surface area contributed by atoms with Crippen LogP contribution in [-0.2, 0) is 11.2 Å². The molecule has 0 saturated carbocycles.